The Morgan fingerprint density at radius 2 is 2.22 bits per heavy atom. The minimum absolute atomic E-state index is 0.0956. The standard InChI is InChI=1S/C18H28N6O3/c1-23-6-2-4-12(10-23)17(26)22-14(8-13-9-20-11-21-13)18(27)24-7-3-5-15(24)16(19)25/h9,11-12,14-15H,2-8,10H2,1H3,(H2,19,25)(H,20,21)(H,22,26)/p+1. The number of aromatic amines is 1. The molecule has 5 N–H and O–H groups in total. The number of carbonyl (C=O) groups excluding carboxylic acids is 3. The molecule has 27 heavy (non-hydrogen) atoms. The van der Waals surface area contributed by atoms with Crippen LogP contribution < -0.4 is 16.0 Å². The van der Waals surface area contributed by atoms with Crippen LogP contribution in [0.4, 0.5) is 0 Å². The molecule has 0 aromatic carbocycles. The van der Waals surface area contributed by atoms with Crippen LogP contribution in [0.5, 0.6) is 0 Å². The number of likely N-dealkylation sites (tertiary alicyclic amines) is 2. The third kappa shape index (κ3) is 4.65. The molecule has 3 heterocycles. The zero-order valence-corrected chi connectivity index (χ0v) is 15.7. The van der Waals surface area contributed by atoms with Crippen molar-refractivity contribution in [1.29, 1.82) is 0 Å². The topological polar surface area (TPSA) is 126 Å². The number of hydrogen-bond donors (Lipinski definition) is 4. The normalized spacial score (nSPS) is 26.6. The van der Waals surface area contributed by atoms with Gasteiger partial charge in [0.05, 0.1) is 32.4 Å². The number of piperidine rings is 1. The summed E-state index contributed by atoms with van der Waals surface area (Å²) in [5.74, 6) is -0.941. The largest absolute Gasteiger partial charge is 0.368 e. The average molecular weight is 377 g/mol. The summed E-state index contributed by atoms with van der Waals surface area (Å²) in [6.07, 6.45) is 6.63. The van der Waals surface area contributed by atoms with Crippen molar-refractivity contribution in [1.82, 2.24) is 20.2 Å². The molecule has 9 heteroatoms. The van der Waals surface area contributed by atoms with Crippen molar-refractivity contribution in [2.45, 2.75) is 44.2 Å². The van der Waals surface area contributed by atoms with Gasteiger partial charge >= 0.3 is 0 Å². The van der Waals surface area contributed by atoms with Gasteiger partial charge in [-0.3, -0.25) is 14.4 Å². The van der Waals surface area contributed by atoms with Gasteiger partial charge in [-0.05, 0) is 25.7 Å². The maximum atomic E-state index is 13.1. The fourth-order valence-corrected chi connectivity index (χ4v) is 4.13. The molecule has 2 aliphatic heterocycles. The summed E-state index contributed by atoms with van der Waals surface area (Å²) in [6.45, 7) is 2.32. The fourth-order valence-electron chi connectivity index (χ4n) is 4.13. The fraction of sp³-hybridized carbons (Fsp3) is 0.667. The van der Waals surface area contributed by atoms with Gasteiger partial charge < -0.3 is 25.8 Å². The minimum atomic E-state index is -0.736. The Labute approximate surface area is 158 Å². The summed E-state index contributed by atoms with van der Waals surface area (Å²) in [6, 6.07) is -1.33. The van der Waals surface area contributed by atoms with E-state index in [1.807, 2.05) is 0 Å². The van der Waals surface area contributed by atoms with Gasteiger partial charge in [0.15, 0.2) is 0 Å². The Morgan fingerprint density at radius 3 is 2.89 bits per heavy atom. The molecule has 1 aromatic rings. The van der Waals surface area contributed by atoms with E-state index >= 15 is 0 Å². The van der Waals surface area contributed by atoms with E-state index in [0.717, 1.165) is 38.0 Å². The van der Waals surface area contributed by atoms with E-state index < -0.39 is 18.0 Å². The van der Waals surface area contributed by atoms with Gasteiger partial charge in [0.2, 0.25) is 17.7 Å². The van der Waals surface area contributed by atoms with Gasteiger partial charge in [0.1, 0.15) is 12.1 Å². The van der Waals surface area contributed by atoms with Crippen LogP contribution in [-0.4, -0.2) is 71.4 Å². The molecule has 3 amide bonds. The molecule has 2 fully saturated rings. The lowest BCUT2D eigenvalue weighted by atomic mass is 9.96. The first-order valence-electron chi connectivity index (χ1n) is 9.64. The summed E-state index contributed by atoms with van der Waals surface area (Å²) in [5, 5.41) is 2.94. The first kappa shape index (κ1) is 19.3. The number of nitrogens with one attached hydrogen (secondary N) is 3. The Kier molecular flexibility index (Phi) is 6.10. The summed E-state index contributed by atoms with van der Waals surface area (Å²) in [4.78, 5) is 47.4. The monoisotopic (exact) mass is 377 g/mol. The minimum Gasteiger partial charge on any atom is -0.368 e. The van der Waals surface area contributed by atoms with Crippen LogP contribution in [0.25, 0.3) is 0 Å². The SMILES string of the molecule is C[NH+]1CCCC(C(=O)NC(Cc2cnc[nH]2)C(=O)N2CCCC2C(N)=O)C1. The van der Waals surface area contributed by atoms with Gasteiger partial charge in [-0.25, -0.2) is 4.98 Å². The number of primary amides is 1. The molecule has 148 valence electrons. The van der Waals surface area contributed by atoms with Crippen LogP contribution in [0.3, 0.4) is 0 Å². The molecule has 9 nitrogen and oxygen atoms in total. The highest BCUT2D eigenvalue weighted by Gasteiger charge is 2.38. The highest BCUT2D eigenvalue weighted by molar-refractivity contribution is 5.92. The van der Waals surface area contributed by atoms with E-state index in [1.54, 1.807) is 12.5 Å². The van der Waals surface area contributed by atoms with Crippen molar-refractivity contribution in [3.63, 3.8) is 0 Å². The summed E-state index contributed by atoms with van der Waals surface area (Å²) >= 11 is 0. The molecular weight excluding hydrogens is 348 g/mol. The molecule has 3 rings (SSSR count). The number of amides is 3. The number of rotatable bonds is 6. The molecule has 0 saturated carbocycles. The van der Waals surface area contributed by atoms with Crippen LogP contribution in [0, 0.1) is 5.92 Å². The number of nitrogens with zero attached hydrogens (tertiary/aromatic N) is 2. The predicted molar refractivity (Wildman–Crippen MR) is 97.5 cm³/mol. The second-order valence-electron chi connectivity index (χ2n) is 7.68. The molecule has 0 radical (unpaired) electrons. The van der Waals surface area contributed by atoms with Crippen molar-refractivity contribution in [3.8, 4) is 0 Å². The van der Waals surface area contributed by atoms with E-state index in [1.165, 1.54) is 9.80 Å². The Hall–Kier alpha value is -2.42. The highest BCUT2D eigenvalue weighted by Crippen LogP contribution is 2.19. The first-order valence-corrected chi connectivity index (χ1v) is 9.64. The number of aromatic nitrogens is 2. The third-order valence-corrected chi connectivity index (χ3v) is 5.58. The summed E-state index contributed by atoms with van der Waals surface area (Å²) in [5.41, 5.74) is 6.22. The smallest absolute Gasteiger partial charge is 0.246 e. The molecule has 0 spiro atoms. The van der Waals surface area contributed by atoms with Crippen molar-refractivity contribution < 1.29 is 19.3 Å². The summed E-state index contributed by atoms with van der Waals surface area (Å²) < 4.78 is 0. The van der Waals surface area contributed by atoms with E-state index in [9.17, 15) is 14.4 Å². The van der Waals surface area contributed by atoms with Crippen LogP contribution in [0.1, 0.15) is 31.4 Å². The lowest BCUT2D eigenvalue weighted by molar-refractivity contribution is -0.887. The van der Waals surface area contributed by atoms with Crippen molar-refractivity contribution >= 4 is 17.7 Å². The average Bonchev–Trinajstić information content (AvgIpc) is 3.32. The van der Waals surface area contributed by atoms with Crippen LogP contribution >= 0.6 is 0 Å². The van der Waals surface area contributed by atoms with Crippen LogP contribution in [0.2, 0.25) is 0 Å². The molecule has 2 aliphatic rings. The first-order chi connectivity index (χ1) is 13.0. The number of quaternary nitrogens is 1. The number of carbonyl (C=O) groups is 3. The molecular formula is C18H29N6O3+. The lowest BCUT2D eigenvalue weighted by Gasteiger charge is -2.30. The molecule has 0 aliphatic carbocycles. The van der Waals surface area contributed by atoms with E-state index in [-0.39, 0.29) is 17.7 Å². The van der Waals surface area contributed by atoms with Gasteiger partial charge in [0, 0.05) is 24.9 Å². The van der Waals surface area contributed by atoms with Crippen LogP contribution in [-0.2, 0) is 20.8 Å². The van der Waals surface area contributed by atoms with Crippen molar-refractivity contribution in [2.75, 3.05) is 26.7 Å². The quantitative estimate of drug-likeness (QED) is 0.450. The number of imidazole rings is 1. The second-order valence-corrected chi connectivity index (χ2v) is 7.68. The molecule has 4 atom stereocenters. The molecule has 0 bridgehead atoms. The molecule has 4 unspecified atom stereocenters. The zero-order chi connectivity index (χ0) is 19.4. The van der Waals surface area contributed by atoms with E-state index in [0.29, 0.717) is 19.4 Å². The number of hydrogen-bond acceptors (Lipinski definition) is 4. The maximum absolute atomic E-state index is 13.1. The maximum Gasteiger partial charge on any atom is 0.246 e. The Morgan fingerprint density at radius 1 is 1.41 bits per heavy atom. The highest BCUT2D eigenvalue weighted by atomic mass is 16.2. The van der Waals surface area contributed by atoms with Crippen molar-refractivity contribution in [3.05, 3.63) is 18.2 Å². The van der Waals surface area contributed by atoms with E-state index in [4.69, 9.17) is 5.73 Å². The van der Waals surface area contributed by atoms with Gasteiger partial charge in [0.25, 0.3) is 0 Å². The van der Waals surface area contributed by atoms with Gasteiger partial charge in [-0.1, -0.05) is 0 Å². The predicted octanol–water partition coefficient (Wildman–Crippen LogP) is -2.16. The number of nitrogens with two attached hydrogens (primary N) is 1. The van der Waals surface area contributed by atoms with Crippen LogP contribution in [0.15, 0.2) is 12.5 Å². The second kappa shape index (κ2) is 8.51. The van der Waals surface area contributed by atoms with E-state index in [2.05, 4.69) is 22.3 Å². The third-order valence-electron chi connectivity index (χ3n) is 5.58. The Bertz CT molecular complexity index is 677. The molecule has 1 aromatic heterocycles. The lowest BCUT2D eigenvalue weighted by Crippen LogP contribution is -3.10. The number of H-pyrrole nitrogens is 1. The van der Waals surface area contributed by atoms with Crippen molar-refractivity contribution in [2.24, 2.45) is 11.7 Å². The Balaban J connectivity index is 1.73. The van der Waals surface area contributed by atoms with Gasteiger partial charge in [-0.15, -0.1) is 0 Å². The zero-order valence-electron chi connectivity index (χ0n) is 15.7. The van der Waals surface area contributed by atoms with Gasteiger partial charge in [-0.2, -0.15) is 0 Å². The molecule has 2 saturated heterocycles. The summed E-state index contributed by atoms with van der Waals surface area (Å²) in [7, 11) is 2.08.